The summed E-state index contributed by atoms with van der Waals surface area (Å²) in [5.41, 5.74) is 5.61. The average molecular weight is 392 g/mol. The van der Waals surface area contributed by atoms with E-state index in [2.05, 4.69) is 59.9 Å². The van der Waals surface area contributed by atoms with Crippen LogP contribution in [0.2, 0.25) is 0 Å². The van der Waals surface area contributed by atoms with Crippen LogP contribution in [0.3, 0.4) is 0 Å². The van der Waals surface area contributed by atoms with Gasteiger partial charge >= 0.3 is 0 Å². The Morgan fingerprint density at radius 3 is 2.66 bits per heavy atom. The predicted molar refractivity (Wildman–Crippen MR) is 116 cm³/mol. The third kappa shape index (κ3) is 3.71. The van der Waals surface area contributed by atoms with Crippen LogP contribution in [0.5, 0.6) is 0 Å². The van der Waals surface area contributed by atoms with Crippen molar-refractivity contribution in [2.24, 2.45) is 12.5 Å². The number of pyridine rings is 1. The first-order chi connectivity index (χ1) is 13.8. The molecule has 0 spiro atoms. The highest BCUT2D eigenvalue weighted by Crippen LogP contribution is 2.31. The molecule has 1 aliphatic rings. The van der Waals surface area contributed by atoms with Gasteiger partial charge in [0.05, 0.1) is 24.5 Å². The van der Waals surface area contributed by atoms with Crippen LogP contribution in [0.1, 0.15) is 31.9 Å². The third-order valence-electron chi connectivity index (χ3n) is 5.77. The van der Waals surface area contributed by atoms with E-state index in [1.807, 2.05) is 29.8 Å². The molecule has 1 amide bonds. The van der Waals surface area contributed by atoms with E-state index in [-0.39, 0.29) is 11.3 Å². The SMILES string of the molecule is CCc1cc(CC(=O)N2CC(C)(C)C2)ccc1N(C)c1cc2c(cn1)ncn2C. The van der Waals surface area contributed by atoms with Gasteiger partial charge in [0.2, 0.25) is 5.91 Å². The monoisotopic (exact) mass is 391 g/mol. The molecular formula is C23H29N5O. The van der Waals surface area contributed by atoms with Gasteiger partial charge in [-0.3, -0.25) is 4.79 Å². The first-order valence-electron chi connectivity index (χ1n) is 10.2. The van der Waals surface area contributed by atoms with Crippen molar-refractivity contribution in [3.63, 3.8) is 0 Å². The molecule has 152 valence electrons. The Morgan fingerprint density at radius 2 is 1.97 bits per heavy atom. The van der Waals surface area contributed by atoms with Crippen LogP contribution in [0.4, 0.5) is 11.5 Å². The Labute approximate surface area is 172 Å². The van der Waals surface area contributed by atoms with Crippen LogP contribution in [0.15, 0.2) is 36.8 Å². The molecule has 3 aromatic rings. The topological polar surface area (TPSA) is 54.3 Å². The van der Waals surface area contributed by atoms with Crippen molar-refractivity contribution in [1.82, 2.24) is 19.4 Å². The quantitative estimate of drug-likeness (QED) is 0.665. The van der Waals surface area contributed by atoms with Crippen LogP contribution in [0.25, 0.3) is 11.0 Å². The number of carbonyl (C=O) groups excluding carboxylic acids is 1. The molecule has 4 rings (SSSR count). The van der Waals surface area contributed by atoms with Crippen molar-refractivity contribution >= 4 is 28.4 Å². The van der Waals surface area contributed by atoms with Crippen LogP contribution in [0, 0.1) is 5.41 Å². The summed E-state index contributed by atoms with van der Waals surface area (Å²) in [6.45, 7) is 8.26. The minimum absolute atomic E-state index is 0.218. The molecule has 6 heteroatoms. The number of hydrogen-bond acceptors (Lipinski definition) is 4. The normalized spacial score (nSPS) is 15.4. The highest BCUT2D eigenvalue weighted by Gasteiger charge is 2.36. The van der Waals surface area contributed by atoms with Crippen LogP contribution in [-0.4, -0.2) is 45.5 Å². The minimum Gasteiger partial charge on any atom is -0.341 e. The molecule has 0 unspecified atom stereocenters. The number of fused-ring (bicyclic) bond motifs is 1. The third-order valence-corrected chi connectivity index (χ3v) is 5.77. The summed E-state index contributed by atoms with van der Waals surface area (Å²) in [5, 5.41) is 0. The molecule has 0 bridgehead atoms. The molecule has 29 heavy (non-hydrogen) atoms. The molecule has 0 atom stereocenters. The largest absolute Gasteiger partial charge is 0.341 e. The Kier molecular flexibility index (Phi) is 4.81. The smallest absolute Gasteiger partial charge is 0.227 e. The van der Waals surface area contributed by atoms with Crippen LogP contribution in [-0.2, 0) is 24.7 Å². The van der Waals surface area contributed by atoms with Gasteiger partial charge in [0.15, 0.2) is 0 Å². The lowest BCUT2D eigenvalue weighted by atomic mass is 9.84. The lowest BCUT2D eigenvalue weighted by Crippen LogP contribution is -2.55. The van der Waals surface area contributed by atoms with E-state index in [1.54, 1.807) is 6.33 Å². The molecule has 0 aliphatic carbocycles. The molecule has 1 aliphatic heterocycles. The highest BCUT2D eigenvalue weighted by molar-refractivity contribution is 5.81. The fraction of sp³-hybridized carbons (Fsp3) is 0.435. The summed E-state index contributed by atoms with van der Waals surface area (Å²) in [4.78, 5) is 25.5. The maximum Gasteiger partial charge on any atom is 0.227 e. The Hall–Kier alpha value is -2.89. The number of rotatable bonds is 5. The molecule has 2 aromatic heterocycles. The van der Waals surface area contributed by atoms with Crippen molar-refractivity contribution in [1.29, 1.82) is 0 Å². The first kappa shape index (κ1) is 19.4. The first-order valence-corrected chi connectivity index (χ1v) is 10.2. The number of hydrogen-bond donors (Lipinski definition) is 0. The number of aryl methyl sites for hydroxylation is 2. The van der Waals surface area contributed by atoms with Gasteiger partial charge in [-0.1, -0.05) is 32.9 Å². The summed E-state index contributed by atoms with van der Waals surface area (Å²) in [6, 6.07) is 8.40. The zero-order valence-electron chi connectivity index (χ0n) is 17.9. The van der Waals surface area contributed by atoms with Gasteiger partial charge in [0.1, 0.15) is 11.3 Å². The van der Waals surface area contributed by atoms with Crippen LogP contribution < -0.4 is 4.90 Å². The molecule has 3 heterocycles. The fourth-order valence-electron chi connectivity index (χ4n) is 4.14. The number of carbonyl (C=O) groups is 1. The number of benzene rings is 1. The molecule has 0 N–H and O–H groups in total. The van der Waals surface area contributed by atoms with Gasteiger partial charge in [0.25, 0.3) is 0 Å². The number of aromatic nitrogens is 3. The van der Waals surface area contributed by atoms with Crippen LogP contribution >= 0.6 is 0 Å². The molecule has 0 saturated carbocycles. The van der Waals surface area contributed by atoms with E-state index in [9.17, 15) is 4.79 Å². The summed E-state index contributed by atoms with van der Waals surface area (Å²) in [5.74, 6) is 1.10. The minimum atomic E-state index is 0.218. The fourth-order valence-corrected chi connectivity index (χ4v) is 4.14. The van der Waals surface area contributed by atoms with E-state index in [0.717, 1.165) is 47.6 Å². The maximum absolute atomic E-state index is 12.6. The molecule has 0 radical (unpaired) electrons. The van der Waals surface area contributed by atoms with E-state index in [0.29, 0.717) is 6.42 Å². The lowest BCUT2D eigenvalue weighted by molar-refractivity contribution is -0.140. The van der Waals surface area contributed by atoms with Crippen molar-refractivity contribution < 1.29 is 4.79 Å². The standard InChI is InChI=1S/C23H29N5O/c1-6-17-9-16(10-22(29)28-13-23(2,3)14-28)7-8-19(17)27(5)21-11-20-18(12-24-21)25-15-26(20)4/h7-9,11-12,15H,6,10,13-14H2,1-5H3. The molecular weight excluding hydrogens is 362 g/mol. The zero-order chi connectivity index (χ0) is 20.8. The number of anilines is 2. The highest BCUT2D eigenvalue weighted by atomic mass is 16.2. The molecule has 1 saturated heterocycles. The zero-order valence-corrected chi connectivity index (χ0v) is 17.9. The Morgan fingerprint density at radius 1 is 1.21 bits per heavy atom. The van der Waals surface area contributed by atoms with Crippen molar-refractivity contribution in [2.45, 2.75) is 33.6 Å². The van der Waals surface area contributed by atoms with E-state index in [1.165, 1.54) is 5.56 Å². The summed E-state index contributed by atoms with van der Waals surface area (Å²) >= 11 is 0. The second-order valence-corrected chi connectivity index (χ2v) is 8.85. The molecule has 1 fully saturated rings. The number of nitrogens with zero attached hydrogens (tertiary/aromatic N) is 5. The van der Waals surface area contributed by atoms with Gasteiger partial charge in [-0.05, 0) is 29.0 Å². The molecule has 1 aromatic carbocycles. The van der Waals surface area contributed by atoms with Gasteiger partial charge in [0, 0.05) is 38.9 Å². The van der Waals surface area contributed by atoms with Crippen molar-refractivity contribution in [2.75, 3.05) is 25.0 Å². The van der Waals surface area contributed by atoms with Gasteiger partial charge < -0.3 is 14.4 Å². The second-order valence-electron chi connectivity index (χ2n) is 8.85. The number of imidazole rings is 1. The van der Waals surface area contributed by atoms with Gasteiger partial charge in [-0.2, -0.15) is 0 Å². The van der Waals surface area contributed by atoms with E-state index < -0.39 is 0 Å². The second kappa shape index (κ2) is 7.17. The van der Waals surface area contributed by atoms with Gasteiger partial charge in [-0.25, -0.2) is 9.97 Å². The summed E-state index contributed by atoms with van der Waals surface area (Å²) < 4.78 is 2.00. The van der Waals surface area contributed by atoms with Crippen molar-refractivity contribution in [3.8, 4) is 0 Å². The van der Waals surface area contributed by atoms with E-state index >= 15 is 0 Å². The number of likely N-dealkylation sites (tertiary alicyclic amines) is 1. The van der Waals surface area contributed by atoms with E-state index in [4.69, 9.17) is 0 Å². The van der Waals surface area contributed by atoms with Gasteiger partial charge in [-0.15, -0.1) is 0 Å². The summed E-state index contributed by atoms with van der Waals surface area (Å²) in [7, 11) is 4.02. The summed E-state index contributed by atoms with van der Waals surface area (Å²) in [6.07, 6.45) is 4.98. The number of amides is 1. The lowest BCUT2D eigenvalue weighted by Gasteiger charge is -2.45. The van der Waals surface area contributed by atoms with Crippen molar-refractivity contribution in [3.05, 3.63) is 47.9 Å². The maximum atomic E-state index is 12.6. The molecule has 6 nitrogen and oxygen atoms in total. The predicted octanol–water partition coefficient (Wildman–Crippen LogP) is 3.71. The Bertz CT molecular complexity index is 1060. The average Bonchev–Trinajstić information content (AvgIpc) is 3.05. The Balaban J connectivity index is 1.55.